The highest BCUT2D eigenvalue weighted by Gasteiger charge is 2.12. The van der Waals surface area contributed by atoms with Gasteiger partial charge in [0.15, 0.2) is 0 Å². The first-order valence-electron chi connectivity index (χ1n) is 6.58. The minimum absolute atomic E-state index is 0.285. The van der Waals surface area contributed by atoms with Crippen LogP contribution in [0.1, 0.15) is 24.1 Å². The molecule has 2 rings (SSSR count). The number of aryl methyl sites for hydroxylation is 1. The molecule has 0 saturated heterocycles. The molecule has 2 aromatic rings. The molecule has 2 nitrogen and oxygen atoms in total. The van der Waals surface area contributed by atoms with Crippen molar-refractivity contribution in [3.63, 3.8) is 0 Å². The smallest absolute Gasteiger partial charge is 0.123 e. The molecule has 20 heavy (non-hydrogen) atoms. The highest BCUT2D eigenvalue weighted by molar-refractivity contribution is 7.85. The third kappa shape index (κ3) is 3.74. The largest absolute Gasteiger partial charge is 0.323 e. The molecule has 4 heteroatoms. The summed E-state index contributed by atoms with van der Waals surface area (Å²) in [4.78, 5) is 0.604. The maximum Gasteiger partial charge on any atom is 0.123 e. The highest BCUT2D eigenvalue weighted by Crippen LogP contribution is 2.16. The molecular formula is C16H18FNOS. The maximum absolute atomic E-state index is 12.8. The molecule has 0 heterocycles. The van der Waals surface area contributed by atoms with Crippen LogP contribution in [-0.4, -0.2) is 9.96 Å². The van der Waals surface area contributed by atoms with Gasteiger partial charge in [-0.2, -0.15) is 0 Å². The summed E-state index contributed by atoms with van der Waals surface area (Å²) < 4.78 is 25.0. The molecule has 106 valence electrons. The third-order valence-electron chi connectivity index (χ3n) is 3.22. The molecule has 0 aromatic heterocycles. The fraction of sp³-hybridized carbons (Fsp3) is 0.250. The quantitative estimate of drug-likeness (QED) is 0.919. The summed E-state index contributed by atoms with van der Waals surface area (Å²) in [5.74, 6) is 0.00194. The SMILES string of the molecule is CCc1ccc(C(N)CS(=O)c2ccc(F)cc2)cc1. The van der Waals surface area contributed by atoms with Crippen LogP contribution in [0.3, 0.4) is 0 Å². The van der Waals surface area contributed by atoms with Gasteiger partial charge in [0, 0.05) is 16.7 Å². The van der Waals surface area contributed by atoms with E-state index in [0.29, 0.717) is 10.6 Å². The van der Waals surface area contributed by atoms with Crippen LogP contribution in [0, 0.1) is 5.82 Å². The molecule has 0 fully saturated rings. The summed E-state index contributed by atoms with van der Waals surface area (Å²) in [5, 5.41) is 0. The van der Waals surface area contributed by atoms with Crippen LogP contribution in [0.25, 0.3) is 0 Å². The second-order valence-electron chi connectivity index (χ2n) is 4.67. The van der Waals surface area contributed by atoms with Gasteiger partial charge < -0.3 is 5.73 Å². The van der Waals surface area contributed by atoms with Crippen molar-refractivity contribution in [1.82, 2.24) is 0 Å². The lowest BCUT2D eigenvalue weighted by molar-refractivity contribution is 0.626. The Hall–Kier alpha value is -1.52. The van der Waals surface area contributed by atoms with E-state index < -0.39 is 10.8 Å². The van der Waals surface area contributed by atoms with Crippen molar-refractivity contribution in [3.8, 4) is 0 Å². The Balaban J connectivity index is 2.04. The Labute approximate surface area is 121 Å². The van der Waals surface area contributed by atoms with Gasteiger partial charge in [-0.15, -0.1) is 0 Å². The van der Waals surface area contributed by atoms with E-state index in [1.165, 1.54) is 17.7 Å². The number of nitrogens with two attached hydrogens (primary N) is 1. The fourth-order valence-corrected chi connectivity index (χ4v) is 3.09. The van der Waals surface area contributed by atoms with E-state index in [2.05, 4.69) is 6.92 Å². The molecule has 0 aliphatic heterocycles. The maximum atomic E-state index is 12.8. The van der Waals surface area contributed by atoms with Crippen LogP contribution in [0.15, 0.2) is 53.4 Å². The van der Waals surface area contributed by atoms with Crippen molar-refractivity contribution in [3.05, 3.63) is 65.5 Å². The van der Waals surface area contributed by atoms with Gasteiger partial charge in [-0.25, -0.2) is 4.39 Å². The van der Waals surface area contributed by atoms with Crippen LogP contribution < -0.4 is 5.73 Å². The van der Waals surface area contributed by atoms with Crippen LogP contribution in [0.5, 0.6) is 0 Å². The van der Waals surface area contributed by atoms with Crippen molar-refractivity contribution in [2.75, 3.05) is 5.75 Å². The second kappa shape index (κ2) is 6.77. The normalized spacial score (nSPS) is 13.9. The van der Waals surface area contributed by atoms with E-state index >= 15 is 0 Å². The molecule has 0 aliphatic rings. The number of benzene rings is 2. The van der Waals surface area contributed by atoms with Crippen LogP contribution >= 0.6 is 0 Å². The van der Waals surface area contributed by atoms with Gasteiger partial charge in [-0.3, -0.25) is 4.21 Å². The zero-order valence-corrected chi connectivity index (χ0v) is 12.2. The molecule has 2 aromatic carbocycles. The average Bonchev–Trinajstić information content (AvgIpc) is 2.48. The summed E-state index contributed by atoms with van der Waals surface area (Å²) in [6, 6.07) is 13.5. The van der Waals surface area contributed by atoms with E-state index in [1.54, 1.807) is 12.1 Å². The molecule has 2 atom stereocenters. The Kier molecular flexibility index (Phi) is 5.04. The van der Waals surface area contributed by atoms with Crippen LogP contribution in [0.2, 0.25) is 0 Å². The Morgan fingerprint density at radius 3 is 2.25 bits per heavy atom. The zero-order valence-electron chi connectivity index (χ0n) is 11.4. The van der Waals surface area contributed by atoms with Gasteiger partial charge in [0.1, 0.15) is 5.82 Å². The van der Waals surface area contributed by atoms with Gasteiger partial charge in [-0.05, 0) is 41.8 Å². The van der Waals surface area contributed by atoms with Crippen LogP contribution in [-0.2, 0) is 17.2 Å². The first-order valence-corrected chi connectivity index (χ1v) is 7.90. The van der Waals surface area contributed by atoms with E-state index in [4.69, 9.17) is 5.73 Å². The zero-order chi connectivity index (χ0) is 14.5. The predicted molar refractivity (Wildman–Crippen MR) is 80.4 cm³/mol. The number of halogens is 1. The molecular weight excluding hydrogens is 273 g/mol. The molecule has 0 bridgehead atoms. The molecule has 0 aliphatic carbocycles. The standard InChI is InChI=1S/C16H18FNOS/c1-2-12-3-5-13(6-4-12)16(18)11-20(19)15-9-7-14(17)8-10-15/h3-10,16H,2,11,18H2,1H3. The van der Waals surface area contributed by atoms with Crippen molar-refractivity contribution >= 4 is 10.8 Å². The predicted octanol–water partition coefficient (Wildman–Crippen LogP) is 3.20. The van der Waals surface area contributed by atoms with Crippen LogP contribution in [0.4, 0.5) is 4.39 Å². The lowest BCUT2D eigenvalue weighted by atomic mass is 10.1. The van der Waals surface area contributed by atoms with E-state index in [9.17, 15) is 8.60 Å². The minimum Gasteiger partial charge on any atom is -0.323 e. The Morgan fingerprint density at radius 2 is 1.70 bits per heavy atom. The third-order valence-corrected chi connectivity index (χ3v) is 4.68. The minimum atomic E-state index is -1.22. The molecule has 2 N–H and O–H groups in total. The summed E-state index contributed by atoms with van der Waals surface area (Å²) in [6.07, 6.45) is 0.983. The van der Waals surface area contributed by atoms with E-state index in [0.717, 1.165) is 12.0 Å². The van der Waals surface area contributed by atoms with Crippen molar-refractivity contribution in [2.45, 2.75) is 24.3 Å². The average molecular weight is 291 g/mol. The summed E-state index contributed by atoms with van der Waals surface area (Å²) >= 11 is 0. The van der Waals surface area contributed by atoms with E-state index in [-0.39, 0.29) is 11.9 Å². The summed E-state index contributed by atoms with van der Waals surface area (Å²) in [6.45, 7) is 2.10. The molecule has 0 radical (unpaired) electrons. The van der Waals surface area contributed by atoms with Crippen molar-refractivity contribution in [1.29, 1.82) is 0 Å². The number of rotatable bonds is 5. The number of hydrogen-bond donors (Lipinski definition) is 1. The van der Waals surface area contributed by atoms with E-state index in [1.807, 2.05) is 24.3 Å². The molecule has 0 spiro atoms. The van der Waals surface area contributed by atoms with Crippen molar-refractivity contribution < 1.29 is 8.60 Å². The van der Waals surface area contributed by atoms with Gasteiger partial charge in [0.05, 0.1) is 10.8 Å². The summed E-state index contributed by atoms with van der Waals surface area (Å²) in [7, 11) is -1.22. The first-order chi connectivity index (χ1) is 9.60. The molecule has 2 unspecified atom stereocenters. The monoisotopic (exact) mass is 291 g/mol. The Morgan fingerprint density at radius 1 is 1.10 bits per heavy atom. The molecule has 0 amide bonds. The Bertz CT molecular complexity index is 580. The lowest BCUT2D eigenvalue weighted by Gasteiger charge is -2.12. The van der Waals surface area contributed by atoms with Gasteiger partial charge in [0.2, 0.25) is 0 Å². The van der Waals surface area contributed by atoms with Gasteiger partial charge in [0.25, 0.3) is 0 Å². The first kappa shape index (κ1) is 14.9. The summed E-state index contributed by atoms with van der Waals surface area (Å²) in [5.41, 5.74) is 8.31. The fourth-order valence-electron chi connectivity index (χ4n) is 1.94. The number of hydrogen-bond acceptors (Lipinski definition) is 2. The lowest BCUT2D eigenvalue weighted by Crippen LogP contribution is -2.18. The van der Waals surface area contributed by atoms with Gasteiger partial charge in [-0.1, -0.05) is 31.2 Å². The van der Waals surface area contributed by atoms with Gasteiger partial charge >= 0.3 is 0 Å². The topological polar surface area (TPSA) is 43.1 Å². The molecule has 0 saturated carbocycles. The highest BCUT2D eigenvalue weighted by atomic mass is 32.2. The second-order valence-corrected chi connectivity index (χ2v) is 6.16. The van der Waals surface area contributed by atoms with Crippen molar-refractivity contribution in [2.24, 2.45) is 5.73 Å².